The highest BCUT2D eigenvalue weighted by Gasteiger charge is 2.06. The highest BCUT2D eigenvalue weighted by atomic mass is 35.5. The van der Waals surface area contributed by atoms with E-state index in [2.05, 4.69) is 15.0 Å². The molecule has 0 aliphatic rings. The Morgan fingerprint density at radius 2 is 2.25 bits per heavy atom. The Kier molecular flexibility index (Phi) is 6.87. The molecule has 0 radical (unpaired) electrons. The van der Waals surface area contributed by atoms with Crippen LogP contribution in [0.2, 0.25) is 0 Å². The van der Waals surface area contributed by atoms with Gasteiger partial charge >= 0.3 is 5.97 Å². The average Bonchev–Trinajstić information content (AvgIpc) is 2.25. The predicted octanol–water partition coefficient (Wildman–Crippen LogP) is -3.20. The smallest absolute Gasteiger partial charge is 0.302 e. The van der Waals surface area contributed by atoms with Gasteiger partial charge in [-0.15, -0.1) is 0 Å². The van der Waals surface area contributed by atoms with Gasteiger partial charge in [0, 0.05) is 13.0 Å². The first kappa shape index (κ1) is 14.4. The highest BCUT2D eigenvalue weighted by molar-refractivity contribution is 5.93. The van der Waals surface area contributed by atoms with Crippen LogP contribution in [0.15, 0.2) is 24.5 Å². The zero-order valence-electron chi connectivity index (χ0n) is 8.83. The van der Waals surface area contributed by atoms with Gasteiger partial charge in [0.2, 0.25) is 0 Å². The summed E-state index contributed by atoms with van der Waals surface area (Å²) in [6, 6.07) is 3.43. The Hall–Kier alpha value is -1.62. The van der Waals surface area contributed by atoms with Crippen molar-refractivity contribution in [3.63, 3.8) is 0 Å². The van der Waals surface area contributed by atoms with Gasteiger partial charge in [-0.3, -0.25) is 9.59 Å². The zero-order valence-corrected chi connectivity index (χ0v) is 9.58. The van der Waals surface area contributed by atoms with Gasteiger partial charge in [0.15, 0.2) is 12.4 Å². The minimum atomic E-state index is -0.350. The Bertz CT molecular complexity index is 343. The van der Waals surface area contributed by atoms with E-state index in [1.807, 2.05) is 0 Å². The number of hydrogen-bond acceptors (Lipinski definition) is 3. The van der Waals surface area contributed by atoms with Crippen LogP contribution < -0.4 is 22.7 Å². The fourth-order valence-corrected chi connectivity index (χ4v) is 0.996. The molecular formula is C10H13ClN2O3. The SMILES string of the molecule is CC(=O)OCCNC(=O)c1ccc[nH+]c1.[Cl-]. The third kappa shape index (κ3) is 5.31. The summed E-state index contributed by atoms with van der Waals surface area (Å²) in [4.78, 5) is 24.6. The first-order valence-corrected chi connectivity index (χ1v) is 4.58. The Balaban J connectivity index is 0.00000225. The molecule has 2 N–H and O–H groups in total. The van der Waals surface area contributed by atoms with Crippen molar-refractivity contribution in [2.45, 2.75) is 6.92 Å². The van der Waals surface area contributed by atoms with Crippen LogP contribution >= 0.6 is 0 Å². The zero-order chi connectivity index (χ0) is 11.1. The van der Waals surface area contributed by atoms with Gasteiger partial charge in [-0.2, -0.15) is 0 Å². The molecule has 0 aliphatic carbocycles. The molecule has 1 amide bonds. The number of hydrogen-bond donors (Lipinski definition) is 1. The van der Waals surface area contributed by atoms with Gasteiger partial charge < -0.3 is 22.5 Å². The maximum atomic E-state index is 11.4. The lowest BCUT2D eigenvalue weighted by Crippen LogP contribution is -3.00. The Labute approximate surface area is 99.6 Å². The van der Waals surface area contributed by atoms with E-state index in [0.29, 0.717) is 12.1 Å². The largest absolute Gasteiger partial charge is 1.00 e. The van der Waals surface area contributed by atoms with Crippen molar-refractivity contribution in [2.24, 2.45) is 0 Å². The van der Waals surface area contributed by atoms with Crippen molar-refractivity contribution < 1.29 is 31.7 Å². The molecule has 0 atom stereocenters. The quantitative estimate of drug-likeness (QED) is 0.448. The summed E-state index contributed by atoms with van der Waals surface area (Å²) in [5, 5.41) is 2.62. The van der Waals surface area contributed by atoms with Crippen molar-refractivity contribution in [3.8, 4) is 0 Å². The molecule has 16 heavy (non-hydrogen) atoms. The van der Waals surface area contributed by atoms with Gasteiger partial charge in [-0.25, -0.2) is 4.98 Å². The molecule has 0 aromatic carbocycles. The molecule has 88 valence electrons. The van der Waals surface area contributed by atoms with E-state index in [1.54, 1.807) is 24.5 Å². The van der Waals surface area contributed by atoms with E-state index in [4.69, 9.17) is 0 Å². The number of nitrogens with one attached hydrogen (secondary N) is 2. The number of aromatic amines is 1. The summed E-state index contributed by atoms with van der Waals surface area (Å²) in [6.07, 6.45) is 3.32. The third-order valence-corrected chi connectivity index (χ3v) is 1.66. The summed E-state index contributed by atoms with van der Waals surface area (Å²) >= 11 is 0. The minimum Gasteiger partial charge on any atom is -1.00 e. The molecule has 6 heteroatoms. The van der Waals surface area contributed by atoms with Gasteiger partial charge in [-0.1, -0.05) is 0 Å². The van der Waals surface area contributed by atoms with Crippen molar-refractivity contribution in [2.75, 3.05) is 13.2 Å². The lowest BCUT2D eigenvalue weighted by Gasteiger charge is -2.03. The normalized spacial score (nSPS) is 8.81. The molecule has 1 aromatic heterocycles. The van der Waals surface area contributed by atoms with Gasteiger partial charge in [0.25, 0.3) is 5.91 Å². The monoisotopic (exact) mass is 244 g/mol. The van der Waals surface area contributed by atoms with Gasteiger partial charge in [0.1, 0.15) is 12.2 Å². The molecule has 1 rings (SSSR count). The summed E-state index contributed by atoms with van der Waals surface area (Å²) in [7, 11) is 0. The van der Waals surface area contributed by atoms with Crippen LogP contribution in [0.25, 0.3) is 0 Å². The number of aromatic nitrogens is 1. The summed E-state index contributed by atoms with van der Waals surface area (Å²) < 4.78 is 4.67. The number of H-pyrrole nitrogens is 1. The van der Waals surface area contributed by atoms with Crippen LogP contribution in [0.4, 0.5) is 0 Å². The van der Waals surface area contributed by atoms with Crippen LogP contribution in [0.5, 0.6) is 0 Å². The number of esters is 1. The molecule has 0 saturated carbocycles. The second-order valence-electron chi connectivity index (χ2n) is 2.89. The maximum absolute atomic E-state index is 11.4. The van der Waals surface area contributed by atoms with Crippen LogP contribution in [-0.2, 0) is 9.53 Å². The Morgan fingerprint density at radius 3 is 2.81 bits per heavy atom. The number of pyridine rings is 1. The average molecular weight is 245 g/mol. The van der Waals surface area contributed by atoms with E-state index >= 15 is 0 Å². The molecule has 0 aliphatic heterocycles. The van der Waals surface area contributed by atoms with Gasteiger partial charge in [-0.05, 0) is 6.07 Å². The van der Waals surface area contributed by atoms with E-state index in [9.17, 15) is 9.59 Å². The summed E-state index contributed by atoms with van der Waals surface area (Å²) in [5.41, 5.74) is 0.542. The van der Waals surface area contributed by atoms with Crippen LogP contribution in [0.1, 0.15) is 17.3 Å². The van der Waals surface area contributed by atoms with E-state index < -0.39 is 0 Å². The number of ether oxygens (including phenoxy) is 1. The van der Waals surface area contributed by atoms with Gasteiger partial charge in [0.05, 0.1) is 6.54 Å². The number of halogens is 1. The van der Waals surface area contributed by atoms with Crippen molar-refractivity contribution in [1.82, 2.24) is 5.32 Å². The molecule has 0 spiro atoms. The third-order valence-electron chi connectivity index (χ3n) is 1.66. The number of amides is 1. The number of carbonyl (C=O) groups excluding carboxylic acids is 2. The van der Waals surface area contributed by atoms with Crippen LogP contribution in [-0.4, -0.2) is 25.0 Å². The molecule has 0 saturated heterocycles. The summed E-state index contributed by atoms with van der Waals surface area (Å²) in [6.45, 7) is 1.83. The highest BCUT2D eigenvalue weighted by Crippen LogP contribution is 1.91. The summed E-state index contributed by atoms with van der Waals surface area (Å²) in [5.74, 6) is -0.545. The Morgan fingerprint density at radius 1 is 1.50 bits per heavy atom. The first-order valence-electron chi connectivity index (χ1n) is 4.58. The van der Waals surface area contributed by atoms with Crippen molar-refractivity contribution in [1.29, 1.82) is 0 Å². The maximum Gasteiger partial charge on any atom is 0.302 e. The van der Waals surface area contributed by atoms with E-state index in [1.165, 1.54) is 6.92 Å². The molecule has 0 bridgehead atoms. The van der Waals surface area contributed by atoms with Crippen molar-refractivity contribution in [3.05, 3.63) is 30.1 Å². The van der Waals surface area contributed by atoms with Crippen LogP contribution in [0, 0.1) is 0 Å². The topological polar surface area (TPSA) is 69.5 Å². The predicted molar refractivity (Wildman–Crippen MR) is 52.0 cm³/mol. The minimum absolute atomic E-state index is 0. The van der Waals surface area contributed by atoms with E-state index in [-0.39, 0.29) is 30.9 Å². The lowest BCUT2D eigenvalue weighted by atomic mass is 10.3. The van der Waals surface area contributed by atoms with E-state index in [0.717, 1.165) is 0 Å². The second kappa shape index (κ2) is 7.64. The fourth-order valence-electron chi connectivity index (χ4n) is 0.996. The number of carbonyl (C=O) groups is 2. The second-order valence-corrected chi connectivity index (χ2v) is 2.89. The fraction of sp³-hybridized carbons (Fsp3) is 0.300. The first-order chi connectivity index (χ1) is 7.20. The van der Waals surface area contributed by atoms with Crippen LogP contribution in [0.3, 0.4) is 0 Å². The molecule has 0 fully saturated rings. The molecule has 0 unspecified atom stereocenters. The molecular weight excluding hydrogens is 232 g/mol. The number of rotatable bonds is 4. The molecule has 1 aromatic rings. The standard InChI is InChI=1S/C10H12N2O3.ClH/c1-8(13)15-6-5-12-10(14)9-3-2-4-11-7-9;/h2-4,7H,5-6H2,1H3,(H,12,14);1H. The molecule has 1 heterocycles. The van der Waals surface area contributed by atoms with Crippen molar-refractivity contribution >= 4 is 11.9 Å². The lowest BCUT2D eigenvalue weighted by molar-refractivity contribution is -0.378. The molecule has 5 nitrogen and oxygen atoms in total.